The van der Waals surface area contributed by atoms with E-state index >= 15 is 0 Å². The lowest BCUT2D eigenvalue weighted by Gasteiger charge is -2.10. The molecule has 30 heavy (non-hydrogen) atoms. The van der Waals surface area contributed by atoms with Crippen LogP contribution in [0.4, 0.5) is 24.8 Å². The highest BCUT2D eigenvalue weighted by Gasteiger charge is 2.32. The van der Waals surface area contributed by atoms with Crippen LogP contribution in [0.5, 0.6) is 0 Å². The van der Waals surface area contributed by atoms with E-state index in [0.29, 0.717) is 12.2 Å². The Morgan fingerprint density at radius 3 is 2.73 bits per heavy atom. The van der Waals surface area contributed by atoms with E-state index in [2.05, 4.69) is 25.6 Å². The first-order chi connectivity index (χ1) is 14.3. The van der Waals surface area contributed by atoms with Crippen molar-refractivity contribution >= 4 is 23.0 Å². The molecule has 0 saturated carbocycles. The van der Waals surface area contributed by atoms with Crippen LogP contribution < -0.4 is 10.6 Å². The van der Waals surface area contributed by atoms with Crippen molar-refractivity contribution in [3.63, 3.8) is 0 Å². The van der Waals surface area contributed by atoms with Crippen molar-refractivity contribution in [1.29, 1.82) is 0 Å². The quantitative estimate of drug-likeness (QED) is 0.427. The second-order valence-corrected chi connectivity index (χ2v) is 7.82. The van der Waals surface area contributed by atoms with Crippen molar-refractivity contribution < 1.29 is 18.3 Å². The first-order valence-corrected chi connectivity index (χ1v) is 10.2. The van der Waals surface area contributed by atoms with Crippen molar-refractivity contribution in [2.45, 2.75) is 32.5 Å². The fourth-order valence-electron chi connectivity index (χ4n) is 2.79. The van der Waals surface area contributed by atoms with Gasteiger partial charge in [-0.3, -0.25) is 0 Å². The number of nitrogens with zero attached hydrogens (tertiary/aromatic N) is 3. The first-order valence-electron chi connectivity index (χ1n) is 9.41. The molecule has 3 aromatic rings. The van der Waals surface area contributed by atoms with E-state index in [1.165, 1.54) is 0 Å². The molecular formula is C20H22F3N5OS. The fourth-order valence-corrected chi connectivity index (χ4v) is 3.66. The number of aromatic nitrogens is 3. The predicted octanol–water partition coefficient (Wildman–Crippen LogP) is 4.53. The molecule has 10 heteroatoms. The molecule has 0 atom stereocenters. The smallest absolute Gasteiger partial charge is 0.396 e. The van der Waals surface area contributed by atoms with Crippen molar-refractivity contribution in [3.8, 4) is 10.4 Å². The monoisotopic (exact) mass is 437 g/mol. The molecule has 3 N–H and O–H groups in total. The number of nitrogens with one attached hydrogen (secondary N) is 2. The van der Waals surface area contributed by atoms with Crippen LogP contribution >= 0.6 is 11.3 Å². The number of thiazole rings is 1. The molecule has 3 rings (SSSR count). The summed E-state index contributed by atoms with van der Waals surface area (Å²) in [5.74, 6) is -0.113. The number of rotatable bonds is 9. The summed E-state index contributed by atoms with van der Waals surface area (Å²) in [6.45, 7) is 3.56. The number of unbranched alkanes of at least 4 members (excludes halogenated alkanes) is 1. The van der Waals surface area contributed by atoms with E-state index in [-0.39, 0.29) is 12.6 Å². The molecule has 0 aliphatic carbocycles. The summed E-state index contributed by atoms with van der Waals surface area (Å²) < 4.78 is 38.6. The van der Waals surface area contributed by atoms with Crippen molar-refractivity contribution in [2.75, 3.05) is 18.5 Å². The third kappa shape index (κ3) is 6.22. The minimum Gasteiger partial charge on any atom is -0.396 e. The second-order valence-electron chi connectivity index (χ2n) is 6.70. The molecule has 6 nitrogen and oxygen atoms in total. The molecule has 2 heterocycles. The van der Waals surface area contributed by atoms with Crippen molar-refractivity contribution in [2.24, 2.45) is 0 Å². The van der Waals surface area contributed by atoms with E-state index in [9.17, 15) is 13.2 Å². The Bertz CT molecular complexity index is 977. The van der Waals surface area contributed by atoms with E-state index in [4.69, 9.17) is 5.11 Å². The average Bonchev–Trinajstić information content (AvgIpc) is 3.16. The van der Waals surface area contributed by atoms with Gasteiger partial charge in [0.1, 0.15) is 10.7 Å². The zero-order chi connectivity index (χ0) is 21.6. The van der Waals surface area contributed by atoms with Gasteiger partial charge in [0.15, 0.2) is 0 Å². The number of aliphatic hydroxyl groups is 1. The molecule has 0 fully saturated rings. The van der Waals surface area contributed by atoms with E-state index < -0.39 is 11.9 Å². The van der Waals surface area contributed by atoms with Gasteiger partial charge in [0.25, 0.3) is 0 Å². The lowest BCUT2D eigenvalue weighted by atomic mass is 10.1. The summed E-state index contributed by atoms with van der Waals surface area (Å²) >= 11 is 1.55. The zero-order valence-corrected chi connectivity index (χ0v) is 17.1. The van der Waals surface area contributed by atoms with Gasteiger partial charge in [-0.1, -0.05) is 6.07 Å². The van der Waals surface area contributed by atoms with Gasteiger partial charge in [0, 0.05) is 31.2 Å². The number of halogens is 3. The van der Waals surface area contributed by atoms with Crippen LogP contribution in [0, 0.1) is 6.92 Å². The Morgan fingerprint density at radius 1 is 1.13 bits per heavy atom. The van der Waals surface area contributed by atoms with E-state index in [1.807, 2.05) is 25.1 Å². The molecule has 0 radical (unpaired) electrons. The van der Waals surface area contributed by atoms with Crippen LogP contribution in [0.3, 0.4) is 0 Å². The highest BCUT2D eigenvalue weighted by molar-refractivity contribution is 7.15. The molecular weight excluding hydrogens is 415 g/mol. The van der Waals surface area contributed by atoms with Crippen LogP contribution in [0.25, 0.3) is 10.4 Å². The minimum atomic E-state index is -4.53. The summed E-state index contributed by atoms with van der Waals surface area (Å²) in [5.41, 5.74) is 1.46. The predicted molar refractivity (Wildman–Crippen MR) is 111 cm³/mol. The lowest BCUT2D eigenvalue weighted by molar-refractivity contribution is -0.141. The summed E-state index contributed by atoms with van der Waals surface area (Å²) in [5, 5.41) is 15.9. The summed E-state index contributed by atoms with van der Waals surface area (Å²) in [7, 11) is 0. The minimum absolute atomic E-state index is 0.113. The van der Waals surface area contributed by atoms with Gasteiger partial charge in [0.05, 0.1) is 4.88 Å². The number of benzene rings is 1. The van der Waals surface area contributed by atoms with Gasteiger partial charge in [-0.15, -0.1) is 11.3 Å². The number of hydrogen-bond donors (Lipinski definition) is 3. The Kier molecular flexibility index (Phi) is 7.35. The topological polar surface area (TPSA) is 83.0 Å². The molecule has 0 aliphatic rings. The van der Waals surface area contributed by atoms with Gasteiger partial charge in [0.2, 0.25) is 5.95 Å². The average molecular weight is 437 g/mol. The van der Waals surface area contributed by atoms with Gasteiger partial charge < -0.3 is 15.7 Å². The van der Waals surface area contributed by atoms with Crippen LogP contribution in [0.15, 0.2) is 36.7 Å². The maximum atomic E-state index is 12.9. The molecule has 0 saturated heterocycles. The van der Waals surface area contributed by atoms with Gasteiger partial charge >= 0.3 is 6.18 Å². The van der Waals surface area contributed by atoms with Crippen LogP contribution in [-0.2, 0) is 12.7 Å². The highest BCUT2D eigenvalue weighted by Crippen LogP contribution is 2.31. The molecule has 160 valence electrons. The van der Waals surface area contributed by atoms with E-state index in [0.717, 1.165) is 52.7 Å². The Labute approximate surface area is 176 Å². The Morgan fingerprint density at radius 2 is 1.97 bits per heavy atom. The molecule has 2 aromatic heterocycles. The fraction of sp³-hybridized carbons (Fsp3) is 0.350. The molecule has 0 unspecified atom stereocenters. The summed E-state index contributed by atoms with van der Waals surface area (Å²) in [6.07, 6.45) is 0.0129. The number of hydrogen-bond acceptors (Lipinski definition) is 7. The summed E-state index contributed by atoms with van der Waals surface area (Å²) in [4.78, 5) is 12.8. The largest absolute Gasteiger partial charge is 0.433 e. The van der Waals surface area contributed by atoms with Crippen LogP contribution in [0.2, 0.25) is 0 Å². The Hall–Kier alpha value is -2.56. The van der Waals surface area contributed by atoms with Crippen molar-refractivity contribution in [3.05, 3.63) is 52.9 Å². The number of aliphatic hydroxyl groups excluding tert-OH is 1. The Balaban J connectivity index is 1.72. The third-order valence-electron chi connectivity index (χ3n) is 4.16. The number of anilines is 2. The SMILES string of the molecule is Cc1cc(Nc2nccc(C(F)(F)F)n2)cc(-c2cnc(CNCCCCO)s2)c1. The van der Waals surface area contributed by atoms with Gasteiger partial charge in [-0.25, -0.2) is 15.0 Å². The second kappa shape index (κ2) is 9.96. The number of aryl methyl sites for hydroxylation is 1. The van der Waals surface area contributed by atoms with Crippen LogP contribution in [0.1, 0.15) is 29.1 Å². The molecule has 0 amide bonds. The molecule has 0 spiro atoms. The highest BCUT2D eigenvalue weighted by atomic mass is 32.1. The van der Waals surface area contributed by atoms with Gasteiger partial charge in [-0.2, -0.15) is 13.2 Å². The summed E-state index contributed by atoms with van der Waals surface area (Å²) in [6, 6.07) is 6.48. The van der Waals surface area contributed by atoms with Gasteiger partial charge in [-0.05, 0) is 55.6 Å². The molecule has 0 bridgehead atoms. The van der Waals surface area contributed by atoms with Crippen molar-refractivity contribution in [1.82, 2.24) is 20.3 Å². The maximum absolute atomic E-state index is 12.9. The first kappa shape index (κ1) is 22.1. The lowest BCUT2D eigenvalue weighted by Crippen LogP contribution is -2.14. The van der Waals surface area contributed by atoms with Crippen LogP contribution in [-0.4, -0.2) is 33.2 Å². The normalized spacial score (nSPS) is 11.6. The molecule has 0 aliphatic heterocycles. The standard InChI is InChI=1S/C20H22F3N5OS/c1-13-8-14(16-11-26-18(30-16)12-24-5-2-3-7-29)10-15(9-13)27-19-25-6-4-17(28-19)20(21,22)23/h4,6,8-11,24,29H,2-3,5,7,12H2,1H3,(H,25,27,28). The molecule has 1 aromatic carbocycles. The zero-order valence-electron chi connectivity index (χ0n) is 16.3. The number of alkyl halides is 3. The van der Waals surface area contributed by atoms with E-state index in [1.54, 1.807) is 17.5 Å². The third-order valence-corrected chi connectivity index (χ3v) is 5.20. The maximum Gasteiger partial charge on any atom is 0.433 e.